The number of nitro benzene ring substituents is 1. The van der Waals surface area contributed by atoms with Crippen molar-refractivity contribution in [3.8, 4) is 17.2 Å². The fourth-order valence-corrected chi connectivity index (χ4v) is 3.48. The predicted molar refractivity (Wildman–Crippen MR) is 126 cm³/mol. The summed E-state index contributed by atoms with van der Waals surface area (Å²) < 4.78 is 11.9. The van der Waals surface area contributed by atoms with Gasteiger partial charge in [-0.2, -0.15) is 5.10 Å². The van der Waals surface area contributed by atoms with Crippen LogP contribution < -0.4 is 14.9 Å². The van der Waals surface area contributed by atoms with E-state index < -0.39 is 22.3 Å². The summed E-state index contributed by atoms with van der Waals surface area (Å²) in [7, 11) is 1.49. The lowest BCUT2D eigenvalue weighted by atomic mass is 10.1. The summed E-state index contributed by atoms with van der Waals surface area (Å²) in [4.78, 5) is 22.4. The molecule has 0 saturated carbocycles. The number of hydrogen-bond donors (Lipinski definition) is 2. The molecule has 0 unspecified atom stereocenters. The van der Waals surface area contributed by atoms with Crippen molar-refractivity contribution in [2.75, 3.05) is 7.11 Å². The summed E-state index contributed by atoms with van der Waals surface area (Å²) in [5, 5.41) is 25.3. The summed E-state index contributed by atoms with van der Waals surface area (Å²) >= 11 is 9.34. The predicted octanol–water partition coefficient (Wildman–Crippen LogP) is 5.07. The van der Waals surface area contributed by atoms with Crippen LogP contribution in [0, 0.1) is 10.1 Å². The number of phenols is 1. The Morgan fingerprint density at radius 1 is 1.27 bits per heavy atom. The van der Waals surface area contributed by atoms with E-state index in [0.717, 1.165) is 11.6 Å². The van der Waals surface area contributed by atoms with Gasteiger partial charge in [-0.05, 0) is 57.4 Å². The minimum atomic E-state index is -0.804. The van der Waals surface area contributed by atoms with Crippen molar-refractivity contribution in [3.63, 3.8) is 0 Å². The van der Waals surface area contributed by atoms with Crippen LogP contribution >= 0.6 is 27.5 Å². The Morgan fingerprint density at radius 2 is 2.00 bits per heavy atom. The number of nitrogens with zero attached hydrogens (tertiary/aromatic N) is 2. The highest BCUT2D eigenvalue weighted by Gasteiger charge is 2.20. The van der Waals surface area contributed by atoms with Gasteiger partial charge in [0.15, 0.2) is 11.5 Å². The van der Waals surface area contributed by atoms with Crippen LogP contribution in [0.25, 0.3) is 0 Å². The molecule has 0 aliphatic rings. The largest absolute Gasteiger partial charge is 0.502 e. The van der Waals surface area contributed by atoms with Crippen LogP contribution in [0.2, 0.25) is 5.02 Å². The summed E-state index contributed by atoms with van der Waals surface area (Å²) in [6.45, 7) is 0.294. The van der Waals surface area contributed by atoms with Crippen molar-refractivity contribution >= 4 is 45.3 Å². The SMILES string of the molecule is COc1cc(/C=N\NC(=O)c2cccc([N+](=O)[O-])c2O)cc(Br)c1OCc1ccc(Cl)cc1. The zero-order chi connectivity index (χ0) is 24.0. The van der Waals surface area contributed by atoms with Crippen molar-refractivity contribution in [1.82, 2.24) is 5.43 Å². The third-order valence-corrected chi connectivity index (χ3v) is 5.22. The van der Waals surface area contributed by atoms with E-state index in [2.05, 4.69) is 26.5 Å². The molecule has 1 amide bonds. The quantitative estimate of drug-likeness (QED) is 0.236. The van der Waals surface area contributed by atoms with E-state index in [1.165, 1.54) is 25.5 Å². The first-order valence-corrected chi connectivity index (χ1v) is 10.5. The minimum Gasteiger partial charge on any atom is -0.502 e. The molecular formula is C22H17BrClN3O6. The van der Waals surface area contributed by atoms with Gasteiger partial charge in [0.1, 0.15) is 6.61 Å². The molecule has 33 heavy (non-hydrogen) atoms. The Balaban J connectivity index is 1.71. The monoisotopic (exact) mass is 533 g/mol. The highest BCUT2D eigenvalue weighted by atomic mass is 79.9. The maximum absolute atomic E-state index is 12.2. The van der Waals surface area contributed by atoms with Crippen molar-refractivity contribution in [1.29, 1.82) is 0 Å². The van der Waals surface area contributed by atoms with Crippen LogP contribution in [0.5, 0.6) is 17.2 Å². The minimum absolute atomic E-state index is 0.272. The van der Waals surface area contributed by atoms with E-state index in [4.69, 9.17) is 21.1 Å². The van der Waals surface area contributed by atoms with Gasteiger partial charge in [-0.3, -0.25) is 14.9 Å². The molecule has 3 rings (SSSR count). The maximum Gasteiger partial charge on any atom is 0.311 e. The number of halogens is 2. The van der Waals surface area contributed by atoms with E-state index in [1.54, 1.807) is 24.3 Å². The third-order valence-electron chi connectivity index (χ3n) is 4.38. The van der Waals surface area contributed by atoms with E-state index in [0.29, 0.717) is 33.2 Å². The molecule has 0 fully saturated rings. The van der Waals surface area contributed by atoms with Crippen LogP contribution in [-0.4, -0.2) is 29.3 Å². The fourth-order valence-electron chi connectivity index (χ4n) is 2.78. The van der Waals surface area contributed by atoms with Gasteiger partial charge in [0.25, 0.3) is 5.91 Å². The molecule has 2 N–H and O–H groups in total. The lowest BCUT2D eigenvalue weighted by Crippen LogP contribution is -2.18. The number of hydrazone groups is 1. The van der Waals surface area contributed by atoms with Crippen molar-refractivity contribution in [3.05, 3.63) is 90.9 Å². The number of hydrogen-bond acceptors (Lipinski definition) is 7. The molecular weight excluding hydrogens is 518 g/mol. The molecule has 0 aliphatic carbocycles. The Hall–Kier alpha value is -3.63. The van der Waals surface area contributed by atoms with Crippen molar-refractivity contribution in [2.45, 2.75) is 6.61 Å². The molecule has 0 radical (unpaired) electrons. The van der Waals surface area contributed by atoms with E-state index >= 15 is 0 Å². The van der Waals surface area contributed by atoms with Crippen LogP contribution in [0.1, 0.15) is 21.5 Å². The first kappa shape index (κ1) is 24.0. The fraction of sp³-hybridized carbons (Fsp3) is 0.0909. The summed E-state index contributed by atoms with van der Waals surface area (Å²) in [5.41, 5.74) is 2.87. The van der Waals surface area contributed by atoms with Gasteiger partial charge < -0.3 is 14.6 Å². The molecule has 0 heterocycles. The Kier molecular flexibility index (Phi) is 7.86. The van der Waals surface area contributed by atoms with Crippen LogP contribution in [0.3, 0.4) is 0 Å². The smallest absolute Gasteiger partial charge is 0.311 e. The highest BCUT2D eigenvalue weighted by molar-refractivity contribution is 9.10. The molecule has 0 spiro atoms. The van der Waals surface area contributed by atoms with Gasteiger partial charge in [-0.15, -0.1) is 0 Å². The second-order valence-corrected chi connectivity index (χ2v) is 7.87. The van der Waals surface area contributed by atoms with Crippen LogP contribution in [0.15, 0.2) is 64.2 Å². The number of rotatable bonds is 8. The number of nitro groups is 1. The van der Waals surface area contributed by atoms with Gasteiger partial charge in [0.2, 0.25) is 5.75 Å². The first-order valence-electron chi connectivity index (χ1n) is 9.34. The number of phenolic OH excluding ortho intramolecular Hbond substituents is 1. The molecule has 3 aromatic rings. The summed E-state index contributed by atoms with van der Waals surface area (Å²) in [6, 6.07) is 14.2. The molecule has 3 aromatic carbocycles. The zero-order valence-corrected chi connectivity index (χ0v) is 19.5. The lowest BCUT2D eigenvalue weighted by molar-refractivity contribution is -0.385. The number of para-hydroxylation sites is 1. The number of amides is 1. The molecule has 0 atom stereocenters. The number of aromatic hydroxyl groups is 1. The van der Waals surface area contributed by atoms with Gasteiger partial charge in [-0.25, -0.2) is 5.43 Å². The second kappa shape index (κ2) is 10.8. The molecule has 170 valence electrons. The second-order valence-electron chi connectivity index (χ2n) is 6.58. The average molecular weight is 535 g/mol. The molecule has 0 saturated heterocycles. The topological polar surface area (TPSA) is 123 Å². The highest BCUT2D eigenvalue weighted by Crippen LogP contribution is 2.37. The number of nitrogens with one attached hydrogen (secondary N) is 1. The first-order chi connectivity index (χ1) is 15.8. The molecule has 0 bridgehead atoms. The number of ether oxygens (including phenoxy) is 2. The number of carbonyl (C=O) groups is 1. The summed E-state index contributed by atoms with van der Waals surface area (Å²) in [5.74, 6) is -0.624. The summed E-state index contributed by atoms with van der Waals surface area (Å²) in [6.07, 6.45) is 1.35. The average Bonchev–Trinajstić information content (AvgIpc) is 2.79. The molecule has 9 nitrogen and oxygen atoms in total. The van der Waals surface area contributed by atoms with Gasteiger partial charge >= 0.3 is 5.69 Å². The molecule has 0 aromatic heterocycles. The van der Waals surface area contributed by atoms with E-state index in [1.807, 2.05) is 12.1 Å². The van der Waals surface area contributed by atoms with Crippen molar-refractivity contribution < 1.29 is 24.3 Å². The Morgan fingerprint density at radius 3 is 2.67 bits per heavy atom. The van der Waals surface area contributed by atoms with E-state index in [9.17, 15) is 20.0 Å². The lowest BCUT2D eigenvalue weighted by Gasteiger charge is -2.13. The van der Waals surface area contributed by atoms with Crippen LogP contribution in [-0.2, 0) is 6.61 Å². The van der Waals surface area contributed by atoms with Gasteiger partial charge in [-0.1, -0.05) is 29.8 Å². The zero-order valence-electron chi connectivity index (χ0n) is 17.1. The van der Waals surface area contributed by atoms with E-state index in [-0.39, 0.29) is 5.56 Å². The number of carbonyl (C=O) groups excluding carboxylic acids is 1. The number of benzene rings is 3. The normalized spacial score (nSPS) is 10.8. The Labute approximate surface area is 201 Å². The standard InChI is InChI=1S/C22H17BrClN3O6/c1-32-19-10-14(9-17(23)21(19)33-12-13-5-7-15(24)8-6-13)11-25-26-22(29)16-3-2-4-18(20(16)28)27(30)31/h2-11,28H,12H2,1H3,(H,26,29)/b25-11-. The van der Waals surface area contributed by atoms with Gasteiger partial charge in [0, 0.05) is 11.1 Å². The molecule has 11 heteroatoms. The van der Waals surface area contributed by atoms with Crippen LogP contribution in [0.4, 0.5) is 5.69 Å². The molecule has 0 aliphatic heterocycles. The number of methoxy groups -OCH3 is 1. The Bertz CT molecular complexity index is 1220. The maximum atomic E-state index is 12.2. The third kappa shape index (κ3) is 5.99. The van der Waals surface area contributed by atoms with Crippen molar-refractivity contribution in [2.24, 2.45) is 5.10 Å². The van der Waals surface area contributed by atoms with Gasteiger partial charge in [0.05, 0.1) is 28.3 Å².